The fourth-order valence-corrected chi connectivity index (χ4v) is 3.95. The molecule has 24 heavy (non-hydrogen) atoms. The third-order valence-electron chi connectivity index (χ3n) is 3.45. The first kappa shape index (κ1) is 16.7. The number of nitrogens with one attached hydrogen (secondary N) is 1. The molecule has 3 aromatic rings. The third kappa shape index (κ3) is 3.22. The van der Waals surface area contributed by atoms with Gasteiger partial charge in [-0.25, -0.2) is 4.98 Å². The first-order valence-corrected chi connectivity index (χ1v) is 9.10. The van der Waals surface area contributed by atoms with Crippen LogP contribution in [0.5, 0.6) is 0 Å². The maximum atomic E-state index is 12.4. The lowest BCUT2D eigenvalue weighted by Gasteiger charge is -2.14. The topological polar surface area (TPSA) is 90.0 Å². The fourth-order valence-electron chi connectivity index (χ4n) is 2.17. The van der Waals surface area contributed by atoms with Crippen LogP contribution in [0.3, 0.4) is 0 Å². The van der Waals surface area contributed by atoms with E-state index in [0.717, 1.165) is 0 Å². The molecule has 3 aromatic heterocycles. The molecular formula is C15H16N4O3S2. The second-order valence-corrected chi connectivity index (χ2v) is 7.29. The molecule has 1 N–H and O–H groups in total. The highest BCUT2D eigenvalue weighted by atomic mass is 32.2. The van der Waals surface area contributed by atoms with Crippen molar-refractivity contribution in [3.05, 3.63) is 33.6 Å². The Kier molecular flexibility index (Phi) is 4.72. The van der Waals surface area contributed by atoms with Crippen LogP contribution in [0.2, 0.25) is 0 Å². The molecule has 0 aliphatic carbocycles. The first-order valence-electron chi connectivity index (χ1n) is 7.34. The number of hydrogen-bond donors (Lipinski definition) is 1. The Hall–Kier alpha value is -2.13. The van der Waals surface area contributed by atoms with Crippen LogP contribution in [-0.2, 0) is 11.8 Å². The predicted octanol–water partition coefficient (Wildman–Crippen LogP) is 2.80. The van der Waals surface area contributed by atoms with Crippen LogP contribution in [0.4, 0.5) is 5.82 Å². The molecule has 3 heterocycles. The summed E-state index contributed by atoms with van der Waals surface area (Å²) in [6.07, 6.45) is 0.589. The van der Waals surface area contributed by atoms with Gasteiger partial charge in [0.2, 0.25) is 5.91 Å². The van der Waals surface area contributed by atoms with E-state index in [1.165, 1.54) is 27.7 Å². The maximum Gasteiger partial charge on any atom is 0.262 e. The van der Waals surface area contributed by atoms with Gasteiger partial charge in [0.15, 0.2) is 11.0 Å². The highest BCUT2D eigenvalue weighted by Crippen LogP contribution is 2.26. The van der Waals surface area contributed by atoms with Crippen LogP contribution in [-0.4, -0.2) is 25.9 Å². The van der Waals surface area contributed by atoms with Crippen LogP contribution in [0.25, 0.3) is 10.2 Å². The van der Waals surface area contributed by atoms with E-state index >= 15 is 0 Å². The SMILES string of the molecule is CCC(Sc1nc2sccc2c(=O)n1C)C(=O)Nc1cc(C)on1. The summed E-state index contributed by atoms with van der Waals surface area (Å²) in [7, 11) is 1.67. The Morgan fingerprint density at radius 3 is 3.00 bits per heavy atom. The van der Waals surface area contributed by atoms with E-state index in [-0.39, 0.29) is 11.5 Å². The van der Waals surface area contributed by atoms with Crippen molar-refractivity contribution in [1.82, 2.24) is 14.7 Å². The van der Waals surface area contributed by atoms with Crippen molar-refractivity contribution in [3.8, 4) is 0 Å². The minimum absolute atomic E-state index is 0.105. The number of aromatic nitrogens is 3. The van der Waals surface area contributed by atoms with Gasteiger partial charge in [-0.2, -0.15) is 0 Å². The lowest BCUT2D eigenvalue weighted by Crippen LogP contribution is -2.27. The van der Waals surface area contributed by atoms with E-state index in [1.807, 2.05) is 12.3 Å². The molecule has 0 fully saturated rings. The van der Waals surface area contributed by atoms with E-state index in [9.17, 15) is 9.59 Å². The molecule has 0 saturated carbocycles. The lowest BCUT2D eigenvalue weighted by molar-refractivity contribution is -0.115. The van der Waals surface area contributed by atoms with Crippen molar-refractivity contribution >= 4 is 45.0 Å². The smallest absolute Gasteiger partial charge is 0.262 e. The van der Waals surface area contributed by atoms with Crippen molar-refractivity contribution < 1.29 is 9.32 Å². The number of carbonyl (C=O) groups is 1. The summed E-state index contributed by atoms with van der Waals surface area (Å²) in [6, 6.07) is 3.42. The lowest BCUT2D eigenvalue weighted by atomic mass is 10.3. The summed E-state index contributed by atoms with van der Waals surface area (Å²) in [6.45, 7) is 3.66. The van der Waals surface area contributed by atoms with Gasteiger partial charge in [0.1, 0.15) is 10.6 Å². The summed E-state index contributed by atoms with van der Waals surface area (Å²) in [4.78, 5) is 30.0. The van der Waals surface area contributed by atoms with Crippen molar-refractivity contribution in [3.63, 3.8) is 0 Å². The average molecular weight is 364 g/mol. The van der Waals surface area contributed by atoms with Crippen molar-refractivity contribution in [2.45, 2.75) is 30.7 Å². The minimum atomic E-state index is -0.391. The van der Waals surface area contributed by atoms with E-state index < -0.39 is 5.25 Å². The third-order valence-corrected chi connectivity index (χ3v) is 5.67. The number of fused-ring (bicyclic) bond motifs is 1. The van der Waals surface area contributed by atoms with Crippen molar-refractivity contribution in [2.24, 2.45) is 7.05 Å². The molecule has 0 aromatic carbocycles. The Morgan fingerprint density at radius 1 is 1.54 bits per heavy atom. The van der Waals surface area contributed by atoms with Crippen LogP contribution < -0.4 is 10.9 Å². The van der Waals surface area contributed by atoms with Crippen molar-refractivity contribution in [2.75, 3.05) is 5.32 Å². The number of aryl methyl sites for hydroxylation is 1. The van der Waals surface area contributed by atoms with E-state index in [1.54, 1.807) is 26.1 Å². The molecule has 1 atom stereocenters. The summed E-state index contributed by atoms with van der Waals surface area (Å²) in [5.74, 6) is 0.807. The van der Waals surface area contributed by atoms with Gasteiger partial charge in [-0.15, -0.1) is 11.3 Å². The van der Waals surface area contributed by atoms with Crippen LogP contribution in [0, 0.1) is 6.92 Å². The Bertz CT molecular complexity index is 944. The molecule has 126 valence electrons. The number of hydrogen-bond acceptors (Lipinski definition) is 7. The number of anilines is 1. The molecule has 0 aliphatic heterocycles. The fraction of sp³-hybridized carbons (Fsp3) is 0.333. The van der Waals surface area contributed by atoms with Crippen molar-refractivity contribution in [1.29, 1.82) is 0 Å². The zero-order chi connectivity index (χ0) is 17.3. The summed E-state index contributed by atoms with van der Waals surface area (Å²) in [5, 5.41) is 9.05. The normalized spacial score (nSPS) is 12.5. The molecule has 0 saturated heterocycles. The monoisotopic (exact) mass is 364 g/mol. The first-order chi connectivity index (χ1) is 11.5. The van der Waals surface area contributed by atoms with Gasteiger partial charge < -0.3 is 9.84 Å². The molecule has 9 heteroatoms. The summed E-state index contributed by atoms with van der Waals surface area (Å²) >= 11 is 2.68. The minimum Gasteiger partial charge on any atom is -0.360 e. The second-order valence-electron chi connectivity index (χ2n) is 5.22. The number of nitrogens with zero attached hydrogens (tertiary/aromatic N) is 3. The van der Waals surface area contributed by atoms with Gasteiger partial charge in [-0.1, -0.05) is 23.8 Å². The molecule has 0 aliphatic rings. The summed E-state index contributed by atoms with van der Waals surface area (Å²) < 4.78 is 6.43. The molecule has 0 spiro atoms. The molecule has 1 unspecified atom stereocenters. The Labute approximate surface area is 146 Å². The van der Waals surface area contributed by atoms with E-state index in [2.05, 4.69) is 15.5 Å². The largest absolute Gasteiger partial charge is 0.360 e. The zero-order valence-corrected chi connectivity index (χ0v) is 15.0. The molecule has 7 nitrogen and oxygen atoms in total. The summed E-state index contributed by atoms with van der Waals surface area (Å²) in [5.41, 5.74) is -0.105. The van der Waals surface area contributed by atoms with Gasteiger partial charge in [-0.05, 0) is 24.8 Å². The zero-order valence-electron chi connectivity index (χ0n) is 13.4. The number of rotatable bonds is 5. The van der Waals surface area contributed by atoms with Gasteiger partial charge in [-0.3, -0.25) is 14.2 Å². The van der Waals surface area contributed by atoms with Gasteiger partial charge in [0, 0.05) is 13.1 Å². The molecule has 0 radical (unpaired) electrons. The number of amides is 1. The molecular weight excluding hydrogens is 348 g/mol. The predicted molar refractivity (Wildman–Crippen MR) is 94.7 cm³/mol. The Balaban J connectivity index is 1.83. The van der Waals surface area contributed by atoms with Crippen LogP contribution >= 0.6 is 23.1 Å². The van der Waals surface area contributed by atoms with Gasteiger partial charge in [0.05, 0.1) is 10.6 Å². The van der Waals surface area contributed by atoms with Gasteiger partial charge >= 0.3 is 0 Å². The second kappa shape index (κ2) is 6.78. The quantitative estimate of drug-likeness (QED) is 0.553. The average Bonchev–Trinajstić information content (AvgIpc) is 3.18. The van der Waals surface area contributed by atoms with Gasteiger partial charge in [0.25, 0.3) is 5.56 Å². The standard InChI is InChI=1S/C15H16N4O3S2/c1-4-10(12(20)16-11-7-8(2)22-18-11)24-15-17-13-9(5-6-23-13)14(21)19(15)3/h5-7,10H,4H2,1-3H3,(H,16,18,20). The highest BCUT2D eigenvalue weighted by molar-refractivity contribution is 8.00. The molecule has 0 bridgehead atoms. The Morgan fingerprint density at radius 2 is 2.33 bits per heavy atom. The van der Waals surface area contributed by atoms with E-state index in [4.69, 9.17) is 4.52 Å². The van der Waals surface area contributed by atoms with Crippen LogP contribution in [0.1, 0.15) is 19.1 Å². The van der Waals surface area contributed by atoms with E-state index in [0.29, 0.717) is 33.4 Å². The molecule has 3 rings (SSSR count). The maximum absolute atomic E-state index is 12.4. The number of carbonyl (C=O) groups excluding carboxylic acids is 1. The number of thioether (sulfide) groups is 1. The molecule has 1 amide bonds. The number of thiophene rings is 1. The van der Waals surface area contributed by atoms with Crippen LogP contribution in [0.15, 0.2) is 32.0 Å². The highest BCUT2D eigenvalue weighted by Gasteiger charge is 2.22.